The molecule has 1 atom stereocenters. The Hall–Kier alpha value is -1.35. The highest BCUT2D eigenvalue weighted by Crippen LogP contribution is 2.24. The molecule has 1 aromatic carbocycles. The summed E-state index contributed by atoms with van der Waals surface area (Å²) < 4.78 is 6.10. The number of carbonyl (C=O) groups excluding carboxylic acids is 2. The van der Waals surface area contributed by atoms with E-state index in [4.69, 9.17) is 28.6 Å². The number of urea groups is 1. The Morgan fingerprint density at radius 2 is 1.96 bits per heavy atom. The number of carbonyl (C=O) groups is 2. The molecule has 3 amide bonds. The predicted molar refractivity (Wildman–Crippen MR) is 107 cm³/mol. The van der Waals surface area contributed by atoms with Crippen molar-refractivity contribution in [1.29, 1.82) is 0 Å². The number of thioether (sulfide) groups is 1. The summed E-state index contributed by atoms with van der Waals surface area (Å²) in [5.41, 5.74) is 0.874. The summed E-state index contributed by atoms with van der Waals surface area (Å²) in [5, 5.41) is 3.51. The second kappa shape index (κ2) is 9.03. The van der Waals surface area contributed by atoms with E-state index in [1.54, 1.807) is 12.1 Å². The Labute approximate surface area is 167 Å². The van der Waals surface area contributed by atoms with Gasteiger partial charge in [-0.3, -0.25) is 9.69 Å². The number of hydrogen-bond acceptors (Lipinski definition) is 5. The Kier molecular flexibility index (Phi) is 6.74. The van der Waals surface area contributed by atoms with E-state index < -0.39 is 0 Å². The van der Waals surface area contributed by atoms with Crippen LogP contribution in [0.3, 0.4) is 0 Å². The SMILES string of the molecule is O=C1CC(c2ccc(Cl)cc2)NC(=O)N1CCSC(=S)N1CCOCC1. The van der Waals surface area contributed by atoms with Gasteiger partial charge in [0, 0.05) is 30.4 Å². The standard InChI is InChI=1S/C17H20ClN3O3S2/c18-13-3-1-12(2-4-13)14-11-15(22)21(16(23)19-14)7-10-26-17(25)20-5-8-24-9-6-20/h1-4,14H,5-11H2,(H,19,23). The molecular weight excluding hydrogens is 394 g/mol. The number of imide groups is 1. The van der Waals surface area contributed by atoms with Crippen LogP contribution in [0.25, 0.3) is 0 Å². The number of ether oxygens (including phenoxy) is 1. The second-order valence-electron chi connectivity index (χ2n) is 6.02. The molecule has 0 saturated carbocycles. The van der Waals surface area contributed by atoms with Crippen LogP contribution in [0.2, 0.25) is 5.02 Å². The second-order valence-corrected chi connectivity index (χ2v) is 8.18. The van der Waals surface area contributed by atoms with Gasteiger partial charge in [0.25, 0.3) is 0 Å². The molecule has 2 heterocycles. The number of benzene rings is 1. The van der Waals surface area contributed by atoms with Gasteiger partial charge in [0.2, 0.25) is 5.91 Å². The van der Waals surface area contributed by atoms with E-state index in [9.17, 15) is 9.59 Å². The third-order valence-electron chi connectivity index (χ3n) is 4.30. The molecule has 2 aliphatic heterocycles. The van der Waals surface area contributed by atoms with Crippen LogP contribution in [0.5, 0.6) is 0 Å². The largest absolute Gasteiger partial charge is 0.378 e. The molecule has 9 heteroatoms. The van der Waals surface area contributed by atoms with Gasteiger partial charge in [-0.2, -0.15) is 0 Å². The topological polar surface area (TPSA) is 61.9 Å². The molecule has 1 N–H and O–H groups in total. The summed E-state index contributed by atoms with van der Waals surface area (Å²) in [6.45, 7) is 3.28. The third kappa shape index (κ3) is 4.88. The minimum absolute atomic E-state index is 0.174. The first-order chi connectivity index (χ1) is 12.5. The Morgan fingerprint density at radius 1 is 1.27 bits per heavy atom. The van der Waals surface area contributed by atoms with E-state index in [-0.39, 0.29) is 24.4 Å². The summed E-state index contributed by atoms with van der Waals surface area (Å²) in [4.78, 5) is 28.1. The normalized spacial score (nSPS) is 20.9. The van der Waals surface area contributed by atoms with E-state index in [2.05, 4.69) is 10.2 Å². The molecule has 0 radical (unpaired) electrons. The van der Waals surface area contributed by atoms with Crippen molar-refractivity contribution >= 4 is 51.8 Å². The quantitative estimate of drug-likeness (QED) is 0.766. The molecule has 2 fully saturated rings. The van der Waals surface area contributed by atoms with Crippen molar-refractivity contribution in [3.8, 4) is 0 Å². The van der Waals surface area contributed by atoms with Crippen molar-refractivity contribution in [2.45, 2.75) is 12.5 Å². The molecule has 0 spiro atoms. The lowest BCUT2D eigenvalue weighted by atomic mass is 10.0. The van der Waals surface area contributed by atoms with Crippen LogP contribution in [-0.4, -0.2) is 64.7 Å². The van der Waals surface area contributed by atoms with Gasteiger partial charge in [-0.05, 0) is 17.7 Å². The van der Waals surface area contributed by atoms with Crippen LogP contribution in [0.4, 0.5) is 4.79 Å². The van der Waals surface area contributed by atoms with E-state index >= 15 is 0 Å². The minimum Gasteiger partial charge on any atom is -0.378 e. The zero-order chi connectivity index (χ0) is 18.5. The van der Waals surface area contributed by atoms with Crippen LogP contribution >= 0.6 is 35.6 Å². The Bertz CT molecular complexity index is 662. The first-order valence-electron chi connectivity index (χ1n) is 8.40. The number of halogens is 1. The number of nitrogens with zero attached hydrogens (tertiary/aromatic N) is 2. The van der Waals surface area contributed by atoms with Gasteiger partial charge in [0.15, 0.2) is 0 Å². The van der Waals surface area contributed by atoms with Crippen molar-refractivity contribution in [3.05, 3.63) is 34.9 Å². The van der Waals surface area contributed by atoms with Gasteiger partial charge in [-0.15, -0.1) is 0 Å². The smallest absolute Gasteiger partial charge is 0.324 e. The van der Waals surface area contributed by atoms with Gasteiger partial charge >= 0.3 is 6.03 Å². The molecule has 26 heavy (non-hydrogen) atoms. The first-order valence-corrected chi connectivity index (χ1v) is 10.2. The molecule has 0 aliphatic carbocycles. The maximum atomic E-state index is 12.4. The summed E-state index contributed by atoms with van der Waals surface area (Å²) in [7, 11) is 0. The van der Waals surface area contributed by atoms with Crippen LogP contribution in [0.1, 0.15) is 18.0 Å². The van der Waals surface area contributed by atoms with Crippen LogP contribution in [0, 0.1) is 0 Å². The number of amides is 3. The van der Waals surface area contributed by atoms with Crippen molar-refractivity contribution in [1.82, 2.24) is 15.1 Å². The first kappa shape index (κ1) is 19.4. The zero-order valence-electron chi connectivity index (χ0n) is 14.2. The van der Waals surface area contributed by atoms with Gasteiger partial charge in [0.1, 0.15) is 4.32 Å². The van der Waals surface area contributed by atoms with E-state index in [1.165, 1.54) is 16.7 Å². The van der Waals surface area contributed by atoms with Gasteiger partial charge in [-0.1, -0.05) is 47.7 Å². The highest BCUT2D eigenvalue weighted by molar-refractivity contribution is 8.22. The number of rotatable bonds is 4. The number of nitrogens with one attached hydrogen (secondary N) is 1. The molecule has 0 bridgehead atoms. The van der Waals surface area contributed by atoms with Crippen LogP contribution < -0.4 is 5.32 Å². The molecule has 2 saturated heterocycles. The molecule has 1 aromatic rings. The van der Waals surface area contributed by atoms with Crippen molar-refractivity contribution < 1.29 is 14.3 Å². The molecule has 1 unspecified atom stereocenters. The fourth-order valence-electron chi connectivity index (χ4n) is 2.86. The van der Waals surface area contributed by atoms with Crippen LogP contribution in [0.15, 0.2) is 24.3 Å². The summed E-state index contributed by atoms with van der Waals surface area (Å²) in [6, 6.07) is 6.48. The summed E-state index contributed by atoms with van der Waals surface area (Å²) >= 11 is 12.8. The minimum atomic E-state index is -0.362. The number of hydrogen-bond donors (Lipinski definition) is 1. The van der Waals surface area contributed by atoms with E-state index in [1.807, 2.05) is 12.1 Å². The van der Waals surface area contributed by atoms with Crippen molar-refractivity contribution in [2.75, 3.05) is 38.6 Å². The van der Waals surface area contributed by atoms with Gasteiger partial charge < -0.3 is 15.0 Å². The maximum absolute atomic E-state index is 12.4. The van der Waals surface area contributed by atoms with E-state index in [0.717, 1.165) is 23.0 Å². The third-order valence-corrected chi connectivity index (χ3v) is 6.06. The fourth-order valence-corrected chi connectivity index (χ4v) is 4.23. The number of thiocarbonyl (C=S) groups is 1. The van der Waals surface area contributed by atoms with Crippen LogP contribution in [-0.2, 0) is 9.53 Å². The predicted octanol–water partition coefficient (Wildman–Crippen LogP) is 2.67. The lowest BCUT2D eigenvalue weighted by Gasteiger charge is -2.32. The average molecular weight is 414 g/mol. The summed E-state index contributed by atoms with van der Waals surface area (Å²) in [6.07, 6.45) is 0.242. The van der Waals surface area contributed by atoms with Crippen molar-refractivity contribution in [3.63, 3.8) is 0 Å². The maximum Gasteiger partial charge on any atom is 0.324 e. The molecule has 3 rings (SSSR count). The molecular formula is C17H20ClN3O3S2. The van der Waals surface area contributed by atoms with E-state index in [0.29, 0.717) is 30.5 Å². The fraction of sp³-hybridized carbons (Fsp3) is 0.471. The molecule has 2 aliphatic rings. The highest BCUT2D eigenvalue weighted by Gasteiger charge is 2.32. The monoisotopic (exact) mass is 413 g/mol. The van der Waals surface area contributed by atoms with Gasteiger partial charge in [-0.25, -0.2) is 4.79 Å². The zero-order valence-corrected chi connectivity index (χ0v) is 16.5. The average Bonchev–Trinajstić information content (AvgIpc) is 2.65. The highest BCUT2D eigenvalue weighted by atomic mass is 35.5. The Balaban J connectivity index is 1.49. The lowest BCUT2D eigenvalue weighted by Crippen LogP contribution is -2.52. The molecule has 0 aromatic heterocycles. The molecule has 140 valence electrons. The van der Waals surface area contributed by atoms with Crippen molar-refractivity contribution in [2.24, 2.45) is 0 Å². The Morgan fingerprint density at radius 3 is 2.62 bits per heavy atom. The molecule has 6 nitrogen and oxygen atoms in total. The van der Waals surface area contributed by atoms with Gasteiger partial charge in [0.05, 0.1) is 25.7 Å². The lowest BCUT2D eigenvalue weighted by molar-refractivity contribution is -0.130. The number of morpholine rings is 1. The summed E-state index contributed by atoms with van der Waals surface area (Å²) in [5.74, 6) is 0.410.